The summed E-state index contributed by atoms with van der Waals surface area (Å²) in [6.45, 7) is 3.15. The second-order valence-electron chi connectivity index (χ2n) is 4.29. The van der Waals surface area contributed by atoms with Crippen molar-refractivity contribution in [2.45, 2.75) is 31.0 Å². The van der Waals surface area contributed by atoms with E-state index in [1.54, 1.807) is 0 Å². The molecule has 0 aromatic carbocycles. The van der Waals surface area contributed by atoms with Crippen LogP contribution in [0.5, 0.6) is 0 Å². The highest BCUT2D eigenvalue weighted by Gasteiger charge is 2.14. The zero-order valence-electron chi connectivity index (χ0n) is 9.33. The average Bonchev–Trinajstić information content (AvgIpc) is 2.62. The van der Waals surface area contributed by atoms with Crippen molar-refractivity contribution in [2.75, 3.05) is 18.5 Å². The summed E-state index contributed by atoms with van der Waals surface area (Å²) < 4.78 is 0. The fourth-order valence-electron chi connectivity index (χ4n) is 2.09. The minimum atomic E-state index is 0.498. The van der Waals surface area contributed by atoms with Gasteiger partial charge in [-0.1, -0.05) is 28.9 Å². The first-order valence-electron chi connectivity index (χ1n) is 5.51. The number of anilines is 1. The molecule has 1 aliphatic carbocycles. The molecule has 0 saturated carbocycles. The maximum atomic E-state index is 4.71. The zero-order valence-corrected chi connectivity index (χ0v) is 10.9. The van der Waals surface area contributed by atoms with Gasteiger partial charge in [0.05, 0.1) is 0 Å². The molecule has 1 aliphatic rings. The first-order valence-corrected chi connectivity index (χ1v) is 6.42. The monoisotopic (exact) mass is 268 g/mol. The van der Waals surface area contributed by atoms with Crippen LogP contribution in [0.15, 0.2) is 12.1 Å². The Morgan fingerprint density at radius 3 is 3.00 bits per heavy atom. The highest BCUT2D eigenvalue weighted by atomic mass is 79.9. The molecule has 0 bridgehead atoms. The van der Waals surface area contributed by atoms with Gasteiger partial charge in [-0.15, -0.1) is 0 Å². The highest BCUT2D eigenvalue weighted by molar-refractivity contribution is 9.09. The standard InChI is InChI=1S/C12H17BrN2/c1-9(13)8-15(2)12-7-6-10-4-3-5-11(10)14-12/h6-7,9H,3-5,8H2,1-2H3. The number of hydrogen-bond acceptors (Lipinski definition) is 2. The molecule has 0 fully saturated rings. The van der Waals surface area contributed by atoms with Crippen molar-refractivity contribution in [1.29, 1.82) is 0 Å². The molecular formula is C12H17BrN2. The molecule has 15 heavy (non-hydrogen) atoms. The molecule has 0 spiro atoms. The van der Waals surface area contributed by atoms with E-state index in [-0.39, 0.29) is 0 Å². The number of rotatable bonds is 3. The lowest BCUT2D eigenvalue weighted by molar-refractivity contribution is 0.850. The van der Waals surface area contributed by atoms with Crippen LogP contribution in [0, 0.1) is 0 Å². The molecule has 0 amide bonds. The summed E-state index contributed by atoms with van der Waals surface area (Å²) in [5, 5.41) is 0. The molecule has 0 N–H and O–H groups in total. The largest absolute Gasteiger partial charge is 0.359 e. The lowest BCUT2D eigenvalue weighted by Gasteiger charge is -2.20. The van der Waals surface area contributed by atoms with E-state index in [2.05, 4.69) is 46.9 Å². The van der Waals surface area contributed by atoms with Crippen LogP contribution in [-0.2, 0) is 12.8 Å². The fraction of sp³-hybridized carbons (Fsp3) is 0.583. The molecule has 0 radical (unpaired) electrons. The maximum Gasteiger partial charge on any atom is 0.128 e. The number of halogens is 1. The Balaban J connectivity index is 2.15. The van der Waals surface area contributed by atoms with Crippen molar-refractivity contribution in [2.24, 2.45) is 0 Å². The molecule has 1 heterocycles. The molecule has 0 aliphatic heterocycles. The second-order valence-corrected chi connectivity index (χ2v) is 5.85. The van der Waals surface area contributed by atoms with Gasteiger partial charge >= 0.3 is 0 Å². The van der Waals surface area contributed by atoms with Gasteiger partial charge in [0.2, 0.25) is 0 Å². The van der Waals surface area contributed by atoms with Gasteiger partial charge in [0, 0.05) is 24.1 Å². The molecule has 1 atom stereocenters. The summed E-state index contributed by atoms with van der Waals surface area (Å²) in [5.41, 5.74) is 2.75. The summed E-state index contributed by atoms with van der Waals surface area (Å²) in [6.07, 6.45) is 3.63. The van der Waals surface area contributed by atoms with Crippen molar-refractivity contribution in [3.8, 4) is 0 Å². The molecule has 0 saturated heterocycles. The summed E-state index contributed by atoms with van der Waals surface area (Å²) >= 11 is 3.57. The van der Waals surface area contributed by atoms with Crippen LogP contribution in [0.4, 0.5) is 5.82 Å². The van der Waals surface area contributed by atoms with Gasteiger partial charge in [0.15, 0.2) is 0 Å². The van der Waals surface area contributed by atoms with Crippen LogP contribution in [0.3, 0.4) is 0 Å². The van der Waals surface area contributed by atoms with Gasteiger partial charge < -0.3 is 4.90 Å². The molecule has 82 valence electrons. The van der Waals surface area contributed by atoms with Crippen molar-refractivity contribution in [1.82, 2.24) is 4.98 Å². The van der Waals surface area contributed by atoms with Crippen molar-refractivity contribution in [3.05, 3.63) is 23.4 Å². The van der Waals surface area contributed by atoms with Gasteiger partial charge in [0.1, 0.15) is 5.82 Å². The van der Waals surface area contributed by atoms with E-state index in [4.69, 9.17) is 4.98 Å². The summed E-state index contributed by atoms with van der Waals surface area (Å²) in [4.78, 5) is 7.42. The normalized spacial score (nSPS) is 16.2. The predicted molar refractivity (Wildman–Crippen MR) is 67.9 cm³/mol. The van der Waals surface area contributed by atoms with E-state index < -0.39 is 0 Å². The lowest BCUT2D eigenvalue weighted by atomic mass is 10.2. The van der Waals surface area contributed by atoms with Gasteiger partial charge in [-0.3, -0.25) is 0 Å². The third-order valence-corrected chi connectivity index (χ3v) is 3.12. The molecule has 2 nitrogen and oxygen atoms in total. The first-order chi connectivity index (χ1) is 7.16. The van der Waals surface area contributed by atoms with Crippen LogP contribution in [0.2, 0.25) is 0 Å². The van der Waals surface area contributed by atoms with Crippen LogP contribution in [0.1, 0.15) is 24.6 Å². The van der Waals surface area contributed by atoms with Crippen molar-refractivity contribution < 1.29 is 0 Å². The molecular weight excluding hydrogens is 252 g/mol. The summed E-state index contributed by atoms with van der Waals surface area (Å²) in [5.74, 6) is 1.10. The molecule has 1 aromatic rings. The average molecular weight is 269 g/mol. The Kier molecular flexibility index (Phi) is 3.29. The van der Waals surface area contributed by atoms with E-state index in [1.165, 1.54) is 24.1 Å². The summed E-state index contributed by atoms with van der Waals surface area (Å²) in [6, 6.07) is 4.37. The highest BCUT2D eigenvalue weighted by Crippen LogP contribution is 2.23. The van der Waals surface area contributed by atoms with E-state index in [1.807, 2.05) is 0 Å². The smallest absolute Gasteiger partial charge is 0.128 e. The van der Waals surface area contributed by atoms with Gasteiger partial charge in [-0.25, -0.2) is 4.98 Å². The minimum absolute atomic E-state index is 0.498. The fourth-order valence-corrected chi connectivity index (χ4v) is 2.53. The van der Waals surface area contributed by atoms with Crippen molar-refractivity contribution in [3.63, 3.8) is 0 Å². The Labute approximate surface area is 99.8 Å². The van der Waals surface area contributed by atoms with Crippen LogP contribution < -0.4 is 4.90 Å². The zero-order chi connectivity index (χ0) is 10.8. The molecule has 2 rings (SSSR count). The maximum absolute atomic E-state index is 4.71. The van der Waals surface area contributed by atoms with Gasteiger partial charge in [-0.05, 0) is 30.9 Å². The number of pyridine rings is 1. The summed E-state index contributed by atoms with van der Waals surface area (Å²) in [7, 11) is 2.10. The number of aromatic nitrogens is 1. The van der Waals surface area contributed by atoms with E-state index in [0.717, 1.165) is 18.8 Å². The minimum Gasteiger partial charge on any atom is -0.359 e. The van der Waals surface area contributed by atoms with E-state index in [9.17, 15) is 0 Å². The van der Waals surface area contributed by atoms with E-state index in [0.29, 0.717) is 4.83 Å². The van der Waals surface area contributed by atoms with Crippen LogP contribution >= 0.6 is 15.9 Å². The van der Waals surface area contributed by atoms with E-state index >= 15 is 0 Å². The van der Waals surface area contributed by atoms with Gasteiger partial charge in [-0.2, -0.15) is 0 Å². The Morgan fingerprint density at radius 1 is 1.47 bits per heavy atom. The predicted octanol–water partition coefficient (Wildman–Crippen LogP) is 2.79. The van der Waals surface area contributed by atoms with Crippen molar-refractivity contribution >= 4 is 21.7 Å². The quantitative estimate of drug-likeness (QED) is 0.784. The van der Waals surface area contributed by atoms with Gasteiger partial charge in [0.25, 0.3) is 0 Å². The number of nitrogens with zero attached hydrogens (tertiary/aromatic N) is 2. The Hall–Kier alpha value is -0.570. The Morgan fingerprint density at radius 2 is 2.27 bits per heavy atom. The number of alkyl halides is 1. The molecule has 3 heteroatoms. The van der Waals surface area contributed by atoms with Crippen LogP contribution in [0.25, 0.3) is 0 Å². The second kappa shape index (κ2) is 4.52. The molecule has 1 unspecified atom stereocenters. The number of aryl methyl sites for hydroxylation is 2. The molecule has 1 aromatic heterocycles. The Bertz CT molecular complexity index is 349. The number of hydrogen-bond donors (Lipinski definition) is 0. The third-order valence-electron chi connectivity index (χ3n) is 2.83. The topological polar surface area (TPSA) is 16.1 Å². The lowest BCUT2D eigenvalue weighted by Crippen LogP contribution is -2.25. The third kappa shape index (κ3) is 2.51. The number of fused-ring (bicyclic) bond motifs is 1. The SMILES string of the molecule is CC(Br)CN(C)c1ccc2c(n1)CCC2. The van der Waals surface area contributed by atoms with Crippen LogP contribution in [-0.4, -0.2) is 23.4 Å². The first kappa shape index (κ1) is 10.9.